The maximum absolute atomic E-state index is 10.4. The molecule has 0 heterocycles. The summed E-state index contributed by atoms with van der Waals surface area (Å²) in [6, 6.07) is 5.68. The largest absolute Gasteiger partial charge is 0.496 e. The van der Waals surface area contributed by atoms with E-state index in [1.165, 1.54) is 0 Å². The van der Waals surface area contributed by atoms with Crippen molar-refractivity contribution < 1.29 is 14.6 Å². The van der Waals surface area contributed by atoms with Crippen LogP contribution in [0.25, 0.3) is 0 Å². The molecule has 0 atom stereocenters. The molecule has 76 valence electrons. The van der Waals surface area contributed by atoms with E-state index in [-0.39, 0.29) is 6.42 Å². The van der Waals surface area contributed by atoms with Crippen molar-refractivity contribution in [3.63, 3.8) is 0 Å². The van der Waals surface area contributed by atoms with E-state index in [1.807, 2.05) is 25.1 Å². The third-order valence-electron chi connectivity index (χ3n) is 2.22. The summed E-state index contributed by atoms with van der Waals surface area (Å²) in [6.07, 6.45) is 0.715. The predicted molar refractivity (Wildman–Crippen MR) is 53.7 cm³/mol. The molecule has 0 fully saturated rings. The van der Waals surface area contributed by atoms with Gasteiger partial charge < -0.3 is 9.84 Å². The van der Waals surface area contributed by atoms with Crippen LogP contribution in [-0.2, 0) is 11.2 Å². The van der Waals surface area contributed by atoms with E-state index < -0.39 is 5.97 Å². The van der Waals surface area contributed by atoms with E-state index in [0.29, 0.717) is 6.42 Å². The Labute approximate surface area is 83.3 Å². The fraction of sp³-hybridized carbons (Fsp3) is 0.364. The molecule has 1 rings (SSSR count). The number of carbonyl (C=O) groups is 1. The highest BCUT2D eigenvalue weighted by atomic mass is 16.5. The fourth-order valence-corrected chi connectivity index (χ4v) is 1.39. The summed E-state index contributed by atoms with van der Waals surface area (Å²) in [7, 11) is 1.61. The molecule has 0 saturated heterocycles. The Bertz CT molecular complexity index is 331. The van der Waals surface area contributed by atoms with Crippen LogP contribution in [0.3, 0.4) is 0 Å². The number of carboxylic acid groups (broad SMARTS) is 1. The second-order valence-corrected chi connectivity index (χ2v) is 3.14. The summed E-state index contributed by atoms with van der Waals surface area (Å²) >= 11 is 0. The molecule has 0 bridgehead atoms. The lowest BCUT2D eigenvalue weighted by atomic mass is 10.0. The molecule has 0 aliphatic carbocycles. The zero-order valence-corrected chi connectivity index (χ0v) is 8.41. The third kappa shape index (κ3) is 2.49. The molecule has 3 heteroatoms. The molecule has 1 aromatic carbocycles. The molecular formula is C11H14O3. The number of ether oxygens (including phenoxy) is 1. The van der Waals surface area contributed by atoms with Crippen LogP contribution in [0.5, 0.6) is 5.75 Å². The molecule has 0 aromatic heterocycles. The van der Waals surface area contributed by atoms with Gasteiger partial charge in [0.1, 0.15) is 5.75 Å². The highest BCUT2D eigenvalue weighted by Gasteiger charge is 2.05. The highest BCUT2D eigenvalue weighted by molar-refractivity contribution is 5.67. The van der Waals surface area contributed by atoms with Gasteiger partial charge in [0, 0.05) is 6.42 Å². The molecule has 1 N–H and O–H groups in total. The zero-order valence-electron chi connectivity index (χ0n) is 8.41. The molecule has 0 aliphatic rings. The number of aryl methyl sites for hydroxylation is 1. The molecule has 0 saturated carbocycles. The molecule has 14 heavy (non-hydrogen) atoms. The second-order valence-electron chi connectivity index (χ2n) is 3.14. The second kappa shape index (κ2) is 4.65. The van der Waals surface area contributed by atoms with Gasteiger partial charge in [-0.1, -0.05) is 12.1 Å². The Balaban J connectivity index is 2.81. The van der Waals surface area contributed by atoms with Crippen molar-refractivity contribution in [3.05, 3.63) is 29.3 Å². The lowest BCUT2D eigenvalue weighted by Gasteiger charge is -2.08. The van der Waals surface area contributed by atoms with Gasteiger partial charge in [-0.05, 0) is 30.5 Å². The summed E-state index contributed by atoms with van der Waals surface area (Å²) in [5, 5.41) is 8.56. The van der Waals surface area contributed by atoms with Gasteiger partial charge in [-0.25, -0.2) is 0 Å². The molecule has 0 aliphatic heterocycles. The number of methoxy groups -OCH3 is 1. The van der Waals surface area contributed by atoms with Crippen LogP contribution in [0.1, 0.15) is 17.5 Å². The minimum atomic E-state index is -0.771. The van der Waals surface area contributed by atoms with Gasteiger partial charge in [0.2, 0.25) is 0 Å². The first-order chi connectivity index (χ1) is 6.65. The number of benzene rings is 1. The quantitative estimate of drug-likeness (QED) is 0.797. The minimum absolute atomic E-state index is 0.161. The van der Waals surface area contributed by atoms with Crippen LogP contribution in [-0.4, -0.2) is 18.2 Å². The summed E-state index contributed by atoms with van der Waals surface area (Å²) in [6.45, 7) is 1.94. The van der Waals surface area contributed by atoms with Gasteiger partial charge in [0.05, 0.1) is 7.11 Å². The molecule has 1 aromatic rings. The first-order valence-electron chi connectivity index (χ1n) is 4.49. The number of aliphatic carboxylic acids is 1. The van der Waals surface area contributed by atoms with Crippen LogP contribution < -0.4 is 4.74 Å². The van der Waals surface area contributed by atoms with Gasteiger partial charge in [0.25, 0.3) is 0 Å². The molecule has 3 nitrogen and oxygen atoms in total. The third-order valence-corrected chi connectivity index (χ3v) is 2.22. The smallest absolute Gasteiger partial charge is 0.303 e. The zero-order chi connectivity index (χ0) is 10.6. The van der Waals surface area contributed by atoms with Crippen LogP contribution in [0.15, 0.2) is 18.2 Å². The van der Waals surface area contributed by atoms with Crippen LogP contribution >= 0.6 is 0 Å². The standard InChI is InChI=1S/C11H14O3/c1-8-9(6-7-11(12)13)4-3-5-10(8)14-2/h3-5H,6-7H2,1-2H3,(H,12,13). The van der Waals surface area contributed by atoms with Crippen molar-refractivity contribution in [3.8, 4) is 5.75 Å². The van der Waals surface area contributed by atoms with E-state index in [4.69, 9.17) is 9.84 Å². The maximum atomic E-state index is 10.4. The number of hydrogen-bond acceptors (Lipinski definition) is 2. The summed E-state index contributed by atoms with van der Waals surface area (Å²) in [5.74, 6) is 0.0418. The van der Waals surface area contributed by atoms with E-state index in [2.05, 4.69) is 0 Å². The van der Waals surface area contributed by atoms with E-state index in [1.54, 1.807) is 7.11 Å². The van der Waals surface area contributed by atoms with E-state index in [9.17, 15) is 4.79 Å². The molecular weight excluding hydrogens is 180 g/mol. The van der Waals surface area contributed by atoms with E-state index >= 15 is 0 Å². The minimum Gasteiger partial charge on any atom is -0.496 e. The van der Waals surface area contributed by atoms with Crippen molar-refractivity contribution in [2.24, 2.45) is 0 Å². The number of hydrogen-bond donors (Lipinski definition) is 1. The maximum Gasteiger partial charge on any atom is 0.303 e. The monoisotopic (exact) mass is 194 g/mol. The predicted octanol–water partition coefficient (Wildman–Crippen LogP) is 2.02. The van der Waals surface area contributed by atoms with Crippen molar-refractivity contribution in [1.29, 1.82) is 0 Å². The topological polar surface area (TPSA) is 46.5 Å². The average molecular weight is 194 g/mol. The number of carboxylic acids is 1. The summed E-state index contributed by atoms with van der Waals surface area (Å²) in [4.78, 5) is 10.4. The van der Waals surface area contributed by atoms with Gasteiger partial charge in [-0.3, -0.25) is 4.79 Å². The van der Waals surface area contributed by atoms with Gasteiger partial charge in [0.15, 0.2) is 0 Å². The lowest BCUT2D eigenvalue weighted by Crippen LogP contribution is -2.00. The SMILES string of the molecule is COc1cccc(CCC(=O)O)c1C. The van der Waals surface area contributed by atoms with Crippen molar-refractivity contribution in [1.82, 2.24) is 0 Å². The lowest BCUT2D eigenvalue weighted by molar-refractivity contribution is -0.136. The van der Waals surface area contributed by atoms with Crippen LogP contribution in [0.2, 0.25) is 0 Å². The Hall–Kier alpha value is -1.51. The van der Waals surface area contributed by atoms with Gasteiger partial charge in [-0.15, -0.1) is 0 Å². The molecule has 0 spiro atoms. The molecule has 0 radical (unpaired) electrons. The molecule has 0 amide bonds. The summed E-state index contributed by atoms with van der Waals surface area (Å²) in [5.41, 5.74) is 2.06. The first kappa shape index (κ1) is 10.6. The van der Waals surface area contributed by atoms with E-state index in [0.717, 1.165) is 16.9 Å². The first-order valence-corrected chi connectivity index (χ1v) is 4.49. The van der Waals surface area contributed by atoms with Gasteiger partial charge >= 0.3 is 5.97 Å². The number of rotatable bonds is 4. The van der Waals surface area contributed by atoms with Crippen LogP contribution in [0.4, 0.5) is 0 Å². The molecule has 0 unspecified atom stereocenters. The van der Waals surface area contributed by atoms with Crippen molar-refractivity contribution in [2.45, 2.75) is 19.8 Å². The van der Waals surface area contributed by atoms with Crippen molar-refractivity contribution in [2.75, 3.05) is 7.11 Å². The van der Waals surface area contributed by atoms with Crippen LogP contribution in [0, 0.1) is 6.92 Å². The van der Waals surface area contributed by atoms with Crippen molar-refractivity contribution >= 4 is 5.97 Å². The Morgan fingerprint density at radius 1 is 1.50 bits per heavy atom. The summed E-state index contributed by atoms with van der Waals surface area (Å²) < 4.78 is 5.15. The Morgan fingerprint density at radius 3 is 2.79 bits per heavy atom. The fourth-order valence-electron chi connectivity index (χ4n) is 1.39. The normalized spacial score (nSPS) is 9.86. The average Bonchev–Trinajstić information content (AvgIpc) is 2.16. The van der Waals surface area contributed by atoms with Gasteiger partial charge in [-0.2, -0.15) is 0 Å². The highest BCUT2D eigenvalue weighted by Crippen LogP contribution is 2.21. The Kier molecular flexibility index (Phi) is 3.51. The Morgan fingerprint density at radius 2 is 2.21 bits per heavy atom.